The molecule has 0 atom stereocenters. The molecule has 1 N–H and O–H groups in total. The Morgan fingerprint density at radius 1 is 1.20 bits per heavy atom. The molecule has 0 fully saturated rings. The summed E-state index contributed by atoms with van der Waals surface area (Å²) in [6.45, 7) is 0. The highest BCUT2D eigenvalue weighted by molar-refractivity contribution is 6.20. The molecule has 0 aliphatic heterocycles. The second-order valence-corrected chi connectivity index (χ2v) is 4.90. The van der Waals surface area contributed by atoms with Crippen LogP contribution in [0, 0.1) is 15.9 Å². The summed E-state index contributed by atoms with van der Waals surface area (Å²) in [5.74, 6) is -1.74. The summed E-state index contributed by atoms with van der Waals surface area (Å²) in [4.78, 5) is 22.1. The number of hydrogen-bond acceptors (Lipinski definition) is 5. The van der Waals surface area contributed by atoms with E-state index in [2.05, 4.69) is 0 Å². The van der Waals surface area contributed by atoms with E-state index in [-0.39, 0.29) is 33.9 Å². The highest BCUT2D eigenvalue weighted by Crippen LogP contribution is 2.38. The Labute approximate surface area is 142 Å². The third kappa shape index (κ3) is 3.92. The Bertz CT molecular complexity index is 845. The van der Waals surface area contributed by atoms with Crippen molar-refractivity contribution in [1.29, 1.82) is 0 Å². The normalized spacial score (nSPS) is 11.1. The summed E-state index contributed by atoms with van der Waals surface area (Å²) in [6, 6.07) is 7.47. The number of methoxy groups -OCH3 is 2. The molecule has 7 nitrogen and oxygen atoms in total. The lowest BCUT2D eigenvalue weighted by molar-refractivity contribution is -0.385. The molecule has 0 aliphatic carbocycles. The Balaban J connectivity index is 2.63. The van der Waals surface area contributed by atoms with Gasteiger partial charge in [-0.1, -0.05) is 12.1 Å². The van der Waals surface area contributed by atoms with Crippen LogP contribution in [0.5, 0.6) is 11.5 Å². The lowest BCUT2D eigenvalue weighted by Gasteiger charge is -2.10. The van der Waals surface area contributed by atoms with Gasteiger partial charge >= 0.3 is 11.7 Å². The molecule has 0 aromatic heterocycles. The van der Waals surface area contributed by atoms with Crippen LogP contribution in [0.15, 0.2) is 36.4 Å². The zero-order valence-electron chi connectivity index (χ0n) is 13.4. The van der Waals surface area contributed by atoms with Gasteiger partial charge in [0.2, 0.25) is 5.75 Å². The first-order valence-electron chi connectivity index (χ1n) is 6.98. The standard InChI is InChI=1S/C17H14FNO6/c1-24-15-9-10(8-14(19(22)23)16(15)25-2)7-13(17(20)21)11-3-5-12(18)6-4-11/h3-9H,1-2H3,(H,20,21)/b13-7-. The molecule has 0 saturated heterocycles. The maximum absolute atomic E-state index is 13.0. The Kier molecular flexibility index (Phi) is 5.33. The first-order chi connectivity index (χ1) is 11.9. The summed E-state index contributed by atoms with van der Waals surface area (Å²) < 4.78 is 23.1. The molecule has 0 saturated carbocycles. The number of carboxylic acid groups (broad SMARTS) is 1. The fraction of sp³-hybridized carbons (Fsp3) is 0.118. The molecule has 0 heterocycles. The minimum atomic E-state index is -1.26. The molecule has 0 aliphatic rings. The van der Waals surface area contributed by atoms with Gasteiger partial charge < -0.3 is 14.6 Å². The number of rotatable bonds is 6. The Morgan fingerprint density at radius 3 is 2.32 bits per heavy atom. The minimum absolute atomic E-state index is 0.0664. The van der Waals surface area contributed by atoms with E-state index < -0.39 is 16.7 Å². The van der Waals surface area contributed by atoms with Crippen molar-refractivity contribution in [3.8, 4) is 11.5 Å². The highest BCUT2D eigenvalue weighted by atomic mass is 19.1. The zero-order chi connectivity index (χ0) is 18.6. The summed E-state index contributed by atoms with van der Waals surface area (Å²) >= 11 is 0. The molecular weight excluding hydrogens is 333 g/mol. The fourth-order valence-corrected chi connectivity index (χ4v) is 2.25. The van der Waals surface area contributed by atoms with Crippen LogP contribution in [0.4, 0.5) is 10.1 Å². The molecule has 8 heteroatoms. The molecule has 25 heavy (non-hydrogen) atoms. The zero-order valence-corrected chi connectivity index (χ0v) is 13.4. The summed E-state index contributed by atoms with van der Waals surface area (Å²) in [6.07, 6.45) is 1.24. The molecule has 0 amide bonds. The molecule has 2 rings (SSSR count). The first-order valence-corrected chi connectivity index (χ1v) is 6.98. The first kappa shape index (κ1) is 17.9. The van der Waals surface area contributed by atoms with Gasteiger partial charge in [-0.3, -0.25) is 10.1 Å². The van der Waals surface area contributed by atoms with Gasteiger partial charge in [-0.05, 0) is 35.4 Å². The highest BCUT2D eigenvalue weighted by Gasteiger charge is 2.22. The Morgan fingerprint density at radius 2 is 1.84 bits per heavy atom. The maximum Gasteiger partial charge on any atom is 0.336 e. The van der Waals surface area contributed by atoms with E-state index in [1.807, 2.05) is 0 Å². The van der Waals surface area contributed by atoms with Crippen LogP contribution in [-0.4, -0.2) is 30.2 Å². The van der Waals surface area contributed by atoms with Gasteiger partial charge in [-0.25, -0.2) is 9.18 Å². The summed E-state index contributed by atoms with van der Waals surface area (Å²) in [5.41, 5.74) is -0.0316. The van der Waals surface area contributed by atoms with Crippen LogP contribution in [0.25, 0.3) is 11.6 Å². The number of benzene rings is 2. The second-order valence-electron chi connectivity index (χ2n) is 4.90. The van der Waals surface area contributed by atoms with E-state index in [0.29, 0.717) is 0 Å². The van der Waals surface area contributed by atoms with Crippen LogP contribution < -0.4 is 9.47 Å². The summed E-state index contributed by atoms with van der Waals surface area (Å²) in [7, 11) is 2.58. The minimum Gasteiger partial charge on any atom is -0.493 e. The van der Waals surface area contributed by atoms with Crippen molar-refractivity contribution in [1.82, 2.24) is 0 Å². The van der Waals surface area contributed by atoms with Crippen LogP contribution in [0.2, 0.25) is 0 Å². The van der Waals surface area contributed by atoms with E-state index in [0.717, 1.165) is 12.1 Å². The molecule has 0 unspecified atom stereocenters. The van der Waals surface area contributed by atoms with Gasteiger partial charge in [0.1, 0.15) is 5.82 Å². The van der Waals surface area contributed by atoms with Crippen molar-refractivity contribution in [2.75, 3.05) is 14.2 Å². The van der Waals surface area contributed by atoms with Gasteiger partial charge in [0.25, 0.3) is 0 Å². The van der Waals surface area contributed by atoms with Crippen molar-refractivity contribution < 1.29 is 28.7 Å². The van der Waals surface area contributed by atoms with Gasteiger partial charge in [0.15, 0.2) is 5.75 Å². The quantitative estimate of drug-likeness (QED) is 0.372. The third-order valence-electron chi connectivity index (χ3n) is 3.37. The SMILES string of the molecule is COc1cc(/C=C(\C(=O)O)c2ccc(F)cc2)cc([N+](=O)[O-])c1OC. The second kappa shape index (κ2) is 7.43. The van der Waals surface area contributed by atoms with E-state index in [4.69, 9.17) is 9.47 Å². The molecular formula is C17H14FNO6. The fourth-order valence-electron chi connectivity index (χ4n) is 2.25. The Hall–Kier alpha value is -3.42. The molecule has 2 aromatic carbocycles. The van der Waals surface area contributed by atoms with E-state index in [9.17, 15) is 24.4 Å². The van der Waals surface area contributed by atoms with Gasteiger partial charge in [-0.15, -0.1) is 0 Å². The van der Waals surface area contributed by atoms with Crippen molar-refractivity contribution in [3.63, 3.8) is 0 Å². The number of aliphatic carboxylic acids is 1. The van der Waals surface area contributed by atoms with Crippen LogP contribution in [0.1, 0.15) is 11.1 Å². The number of carboxylic acids is 1. The third-order valence-corrected chi connectivity index (χ3v) is 3.37. The van der Waals surface area contributed by atoms with Gasteiger partial charge in [-0.2, -0.15) is 0 Å². The number of hydrogen-bond donors (Lipinski definition) is 1. The van der Waals surface area contributed by atoms with Crippen molar-refractivity contribution in [2.24, 2.45) is 0 Å². The van der Waals surface area contributed by atoms with E-state index in [1.165, 1.54) is 44.6 Å². The molecule has 0 radical (unpaired) electrons. The van der Waals surface area contributed by atoms with Crippen molar-refractivity contribution in [2.45, 2.75) is 0 Å². The number of nitro benzene ring substituents is 1. The predicted molar refractivity (Wildman–Crippen MR) is 88.1 cm³/mol. The average Bonchev–Trinajstić information content (AvgIpc) is 2.59. The van der Waals surface area contributed by atoms with E-state index >= 15 is 0 Å². The predicted octanol–water partition coefficient (Wildman–Crippen LogP) is 3.38. The largest absolute Gasteiger partial charge is 0.493 e. The van der Waals surface area contributed by atoms with E-state index in [1.54, 1.807) is 0 Å². The lowest BCUT2D eigenvalue weighted by Crippen LogP contribution is -2.01. The van der Waals surface area contributed by atoms with Crippen molar-refractivity contribution in [3.05, 3.63) is 63.5 Å². The van der Waals surface area contributed by atoms with Crippen LogP contribution in [0.3, 0.4) is 0 Å². The maximum atomic E-state index is 13.0. The summed E-state index contributed by atoms with van der Waals surface area (Å²) in [5, 5.41) is 20.6. The molecule has 0 spiro atoms. The average molecular weight is 347 g/mol. The smallest absolute Gasteiger partial charge is 0.336 e. The lowest BCUT2D eigenvalue weighted by atomic mass is 10.0. The number of ether oxygens (including phenoxy) is 2. The topological polar surface area (TPSA) is 98.9 Å². The van der Waals surface area contributed by atoms with Crippen LogP contribution >= 0.6 is 0 Å². The monoisotopic (exact) mass is 347 g/mol. The number of carbonyl (C=O) groups is 1. The van der Waals surface area contributed by atoms with Gasteiger partial charge in [0, 0.05) is 6.07 Å². The van der Waals surface area contributed by atoms with Gasteiger partial charge in [0.05, 0.1) is 24.7 Å². The van der Waals surface area contributed by atoms with Crippen molar-refractivity contribution >= 4 is 23.3 Å². The molecule has 0 bridgehead atoms. The van der Waals surface area contributed by atoms with Crippen LogP contribution in [-0.2, 0) is 4.79 Å². The molecule has 2 aromatic rings. The number of nitrogens with zero attached hydrogens (tertiary/aromatic N) is 1. The molecule has 130 valence electrons. The number of nitro groups is 1. The number of halogens is 1.